The summed E-state index contributed by atoms with van der Waals surface area (Å²) in [7, 11) is 1.00. The first-order valence-electron chi connectivity index (χ1n) is 8.98. The molecule has 0 aliphatic carbocycles. The summed E-state index contributed by atoms with van der Waals surface area (Å²) in [6, 6.07) is 10.0. The Hall–Kier alpha value is -2.54. The number of H-pyrrole nitrogens is 1. The van der Waals surface area contributed by atoms with Crippen molar-refractivity contribution in [1.29, 1.82) is 0 Å². The molecule has 140 valence electrons. The number of hydrogen-bond donors (Lipinski definition) is 2. The molecule has 1 saturated heterocycles. The maximum Gasteiger partial charge on any atom is 0.298 e. The zero-order valence-electron chi connectivity index (χ0n) is 15.2. The van der Waals surface area contributed by atoms with Gasteiger partial charge in [0.2, 0.25) is 6.33 Å². The topological polar surface area (TPSA) is 89.6 Å². The summed E-state index contributed by atoms with van der Waals surface area (Å²) < 4.78 is 1.79. The average molecular weight is 359 g/mol. The Kier molecular flexibility index (Phi) is 7.95. The van der Waals surface area contributed by atoms with E-state index in [4.69, 9.17) is 5.11 Å². The fraction of sp³-hybridized carbons (Fsp3) is 0.474. The summed E-state index contributed by atoms with van der Waals surface area (Å²) in [5, 5.41) is 9.91. The first-order valence-corrected chi connectivity index (χ1v) is 8.98. The number of aromatic amines is 1. The number of hydrogen-bond acceptors (Lipinski definition) is 4. The second-order valence-electron chi connectivity index (χ2n) is 6.25. The number of aryl methyl sites for hydroxylation is 1. The molecule has 1 aromatic carbocycles. The molecule has 1 unspecified atom stereocenters. The second kappa shape index (κ2) is 10.5. The van der Waals surface area contributed by atoms with Gasteiger partial charge in [0.15, 0.2) is 12.2 Å². The van der Waals surface area contributed by atoms with Crippen LogP contribution in [0.25, 0.3) is 0 Å². The summed E-state index contributed by atoms with van der Waals surface area (Å²) in [4.78, 5) is 28.3. The Labute approximate surface area is 153 Å². The molecular weight excluding hydrogens is 332 g/mol. The van der Waals surface area contributed by atoms with E-state index in [1.807, 2.05) is 23.1 Å². The summed E-state index contributed by atoms with van der Waals surface area (Å²) in [6.07, 6.45) is 8.02. The molecule has 2 heterocycles. The first kappa shape index (κ1) is 19.8. The monoisotopic (exact) mass is 359 g/mol. The fourth-order valence-corrected chi connectivity index (χ4v) is 3.28. The van der Waals surface area contributed by atoms with E-state index in [9.17, 15) is 9.70 Å². The van der Waals surface area contributed by atoms with E-state index in [1.165, 1.54) is 5.56 Å². The minimum absolute atomic E-state index is 0.141. The predicted molar refractivity (Wildman–Crippen MR) is 98.8 cm³/mol. The minimum Gasteiger partial charge on any atom is -0.400 e. The molecule has 1 aromatic heterocycles. The SMILES string of the molecule is CO.O=Nc1c[n+](C(CCCc2ccccc2)C(=O)N2CCCC2)c[nH]1. The van der Waals surface area contributed by atoms with Crippen LogP contribution < -0.4 is 4.57 Å². The molecule has 1 amide bonds. The van der Waals surface area contributed by atoms with Crippen LogP contribution in [-0.2, 0) is 11.2 Å². The van der Waals surface area contributed by atoms with Crippen molar-refractivity contribution in [2.75, 3.05) is 20.2 Å². The van der Waals surface area contributed by atoms with Crippen molar-refractivity contribution in [3.63, 3.8) is 0 Å². The van der Waals surface area contributed by atoms with E-state index < -0.39 is 0 Å². The van der Waals surface area contributed by atoms with Crippen LogP contribution in [0.3, 0.4) is 0 Å². The molecule has 2 aromatic rings. The quantitative estimate of drug-likeness (QED) is 0.588. The van der Waals surface area contributed by atoms with Crippen molar-refractivity contribution < 1.29 is 14.5 Å². The van der Waals surface area contributed by atoms with Crippen LogP contribution in [-0.4, -0.2) is 41.1 Å². The molecule has 2 N–H and O–H groups in total. The lowest BCUT2D eigenvalue weighted by Crippen LogP contribution is -2.48. The molecule has 1 atom stereocenters. The van der Waals surface area contributed by atoms with Gasteiger partial charge in [-0.15, -0.1) is 4.91 Å². The Balaban J connectivity index is 0.00000117. The number of amides is 1. The van der Waals surface area contributed by atoms with Crippen molar-refractivity contribution in [3.05, 3.63) is 53.3 Å². The number of imidazole rings is 1. The van der Waals surface area contributed by atoms with Gasteiger partial charge in [0.05, 0.1) is 0 Å². The van der Waals surface area contributed by atoms with Gasteiger partial charge >= 0.3 is 0 Å². The largest absolute Gasteiger partial charge is 0.400 e. The third-order valence-electron chi connectivity index (χ3n) is 4.58. The van der Waals surface area contributed by atoms with Crippen LogP contribution in [0.15, 0.2) is 48.0 Å². The van der Waals surface area contributed by atoms with Crippen molar-refractivity contribution in [2.45, 2.75) is 38.1 Å². The predicted octanol–water partition coefficient (Wildman–Crippen LogP) is 2.50. The van der Waals surface area contributed by atoms with E-state index in [0.29, 0.717) is 0 Å². The van der Waals surface area contributed by atoms with Crippen LogP contribution in [0.1, 0.15) is 37.3 Å². The van der Waals surface area contributed by atoms with Gasteiger partial charge in [0.25, 0.3) is 11.7 Å². The fourth-order valence-electron chi connectivity index (χ4n) is 3.28. The zero-order valence-corrected chi connectivity index (χ0v) is 15.2. The summed E-state index contributed by atoms with van der Waals surface area (Å²) in [5.41, 5.74) is 1.28. The van der Waals surface area contributed by atoms with Crippen molar-refractivity contribution in [1.82, 2.24) is 9.88 Å². The number of aliphatic hydroxyl groups excluding tert-OH is 1. The maximum absolute atomic E-state index is 12.9. The average Bonchev–Trinajstić information content (AvgIpc) is 3.39. The van der Waals surface area contributed by atoms with Gasteiger partial charge < -0.3 is 10.0 Å². The highest BCUT2D eigenvalue weighted by atomic mass is 16.3. The number of aliphatic hydroxyl groups is 1. The number of nitrogens with one attached hydrogen (secondary N) is 1. The third kappa shape index (κ3) is 5.23. The molecule has 0 radical (unpaired) electrons. The van der Waals surface area contributed by atoms with Gasteiger partial charge in [-0.2, -0.15) is 0 Å². The number of nitrogens with zero attached hydrogens (tertiary/aromatic N) is 3. The van der Waals surface area contributed by atoms with Gasteiger partial charge in [-0.1, -0.05) is 30.3 Å². The number of rotatable bonds is 7. The number of aromatic nitrogens is 2. The molecule has 3 rings (SSSR count). The Morgan fingerprint density at radius 2 is 1.96 bits per heavy atom. The van der Waals surface area contributed by atoms with Gasteiger partial charge in [0.1, 0.15) is 0 Å². The highest BCUT2D eigenvalue weighted by Crippen LogP contribution is 2.18. The molecule has 1 aliphatic heterocycles. The Morgan fingerprint density at radius 1 is 1.27 bits per heavy atom. The van der Waals surface area contributed by atoms with E-state index >= 15 is 0 Å². The van der Waals surface area contributed by atoms with Crippen LogP contribution in [0.4, 0.5) is 5.82 Å². The standard InChI is InChI=1S/C18H22N4O2.CH4O/c23-18(21-11-4-5-12-21)16(22-13-17(20-24)19-14-22)10-6-9-15-7-2-1-3-8-15;1-2/h1-3,7-8,13-14,16H,4-6,9-12H2;2H,1H3/p+1. The highest BCUT2D eigenvalue weighted by molar-refractivity contribution is 5.79. The highest BCUT2D eigenvalue weighted by Gasteiger charge is 2.31. The lowest BCUT2D eigenvalue weighted by molar-refractivity contribution is -0.709. The number of carbonyl (C=O) groups excluding carboxylic acids is 1. The van der Waals surface area contributed by atoms with Crippen LogP contribution >= 0.6 is 0 Å². The minimum atomic E-state index is -0.279. The van der Waals surface area contributed by atoms with Gasteiger partial charge in [0, 0.05) is 25.4 Å². The maximum atomic E-state index is 12.9. The molecule has 0 saturated carbocycles. The molecule has 0 spiro atoms. The molecule has 1 fully saturated rings. The van der Waals surface area contributed by atoms with E-state index in [1.54, 1.807) is 17.1 Å². The molecule has 1 aliphatic rings. The third-order valence-corrected chi connectivity index (χ3v) is 4.58. The number of benzene rings is 1. The lowest BCUT2D eigenvalue weighted by Gasteiger charge is -2.21. The van der Waals surface area contributed by atoms with Crippen molar-refractivity contribution in [2.24, 2.45) is 5.18 Å². The molecular formula is C19H27N4O3+. The van der Waals surface area contributed by atoms with Gasteiger partial charge in [-0.25, -0.2) is 9.55 Å². The number of carbonyl (C=O) groups is 1. The van der Waals surface area contributed by atoms with E-state index in [-0.39, 0.29) is 17.8 Å². The second-order valence-corrected chi connectivity index (χ2v) is 6.25. The molecule has 7 nitrogen and oxygen atoms in total. The van der Waals surface area contributed by atoms with Crippen LogP contribution in [0, 0.1) is 4.91 Å². The molecule has 7 heteroatoms. The smallest absolute Gasteiger partial charge is 0.298 e. The molecule has 0 bridgehead atoms. The number of nitroso groups, excluding NO2 is 1. The lowest BCUT2D eigenvalue weighted by atomic mass is 10.0. The molecule has 26 heavy (non-hydrogen) atoms. The van der Waals surface area contributed by atoms with E-state index in [0.717, 1.165) is 52.3 Å². The number of likely N-dealkylation sites (tertiary alicyclic amines) is 1. The van der Waals surface area contributed by atoms with Crippen LogP contribution in [0.2, 0.25) is 0 Å². The van der Waals surface area contributed by atoms with Crippen LogP contribution in [0.5, 0.6) is 0 Å². The van der Waals surface area contributed by atoms with Gasteiger partial charge in [-0.05, 0) is 37.7 Å². The first-order chi connectivity index (χ1) is 12.8. The Bertz CT molecular complexity index is 681. The van der Waals surface area contributed by atoms with Crippen molar-refractivity contribution in [3.8, 4) is 0 Å². The summed E-state index contributed by atoms with van der Waals surface area (Å²) in [6.45, 7) is 1.66. The summed E-state index contributed by atoms with van der Waals surface area (Å²) >= 11 is 0. The van der Waals surface area contributed by atoms with E-state index in [2.05, 4.69) is 22.3 Å². The Morgan fingerprint density at radius 3 is 2.58 bits per heavy atom. The van der Waals surface area contributed by atoms with Crippen molar-refractivity contribution >= 4 is 11.7 Å². The zero-order chi connectivity index (χ0) is 18.8. The summed E-state index contributed by atoms with van der Waals surface area (Å²) in [5.74, 6) is 0.388. The normalized spacial score (nSPS) is 14.5. The van der Waals surface area contributed by atoms with Gasteiger partial charge in [-0.3, -0.25) is 4.79 Å².